The number of nitrogens with two attached hydrogens (primary N) is 1. The van der Waals surface area contributed by atoms with Crippen LogP contribution in [0.2, 0.25) is 0 Å². The van der Waals surface area contributed by atoms with Gasteiger partial charge >= 0.3 is 0 Å². The first kappa shape index (κ1) is 10.0. The molecule has 0 fully saturated rings. The summed E-state index contributed by atoms with van der Waals surface area (Å²) in [7, 11) is 0. The van der Waals surface area contributed by atoms with E-state index in [1.165, 1.54) is 5.56 Å². The minimum atomic E-state index is -0.486. The van der Waals surface area contributed by atoms with Crippen LogP contribution in [0.3, 0.4) is 0 Å². The molecule has 1 aromatic heterocycles. The molecule has 2 aromatic rings. The van der Waals surface area contributed by atoms with Crippen molar-refractivity contribution in [1.29, 1.82) is 0 Å². The highest BCUT2D eigenvalue weighted by Crippen LogP contribution is 2.21. The summed E-state index contributed by atoms with van der Waals surface area (Å²) in [5, 5.41) is 3.27. The molecule has 2 heterocycles. The number of benzene rings is 1. The molecular formula is C12H12N4O. The molecule has 5 heteroatoms. The Morgan fingerprint density at radius 3 is 3.00 bits per heavy atom. The Hall–Kier alpha value is -2.14. The highest BCUT2D eigenvalue weighted by atomic mass is 16.1. The number of primary amides is 1. The van der Waals surface area contributed by atoms with Crippen molar-refractivity contribution in [3.63, 3.8) is 0 Å². The molecule has 0 atom stereocenters. The Morgan fingerprint density at radius 2 is 2.18 bits per heavy atom. The van der Waals surface area contributed by atoms with Crippen molar-refractivity contribution in [3.05, 3.63) is 47.5 Å². The van der Waals surface area contributed by atoms with Crippen molar-refractivity contribution in [1.82, 2.24) is 14.9 Å². The number of fused-ring (bicyclic) bond motifs is 3. The molecule has 1 aromatic carbocycles. The van der Waals surface area contributed by atoms with Crippen molar-refractivity contribution >= 4 is 5.91 Å². The van der Waals surface area contributed by atoms with E-state index in [2.05, 4.69) is 16.4 Å². The smallest absolute Gasteiger partial charge is 0.269 e. The fraction of sp³-hybridized carbons (Fsp3) is 0.167. The number of carbonyl (C=O) groups is 1. The van der Waals surface area contributed by atoms with Crippen LogP contribution in [0.1, 0.15) is 21.7 Å². The zero-order valence-electron chi connectivity index (χ0n) is 9.18. The zero-order valence-corrected chi connectivity index (χ0v) is 9.18. The van der Waals surface area contributed by atoms with Gasteiger partial charge < -0.3 is 15.6 Å². The summed E-state index contributed by atoms with van der Waals surface area (Å²) in [6.45, 7) is 1.36. The minimum Gasteiger partial charge on any atom is -0.364 e. The summed E-state index contributed by atoms with van der Waals surface area (Å²) >= 11 is 0. The largest absolute Gasteiger partial charge is 0.364 e. The van der Waals surface area contributed by atoms with Crippen LogP contribution >= 0.6 is 0 Å². The van der Waals surface area contributed by atoms with Crippen LogP contribution < -0.4 is 11.1 Å². The van der Waals surface area contributed by atoms with Gasteiger partial charge in [-0.3, -0.25) is 4.79 Å². The molecule has 0 spiro atoms. The maximum absolute atomic E-state index is 11.3. The lowest BCUT2D eigenvalue weighted by Gasteiger charge is -2.07. The molecule has 0 unspecified atom stereocenters. The Labute approximate surface area is 98.3 Å². The predicted molar refractivity (Wildman–Crippen MR) is 62.6 cm³/mol. The summed E-state index contributed by atoms with van der Waals surface area (Å²) < 4.78 is 1.93. The van der Waals surface area contributed by atoms with E-state index in [-0.39, 0.29) is 0 Å². The minimum absolute atomic E-state index is 0.342. The van der Waals surface area contributed by atoms with E-state index in [1.807, 2.05) is 22.8 Å². The summed E-state index contributed by atoms with van der Waals surface area (Å²) in [4.78, 5) is 15.4. The number of carbonyl (C=O) groups excluding carboxylic acids is 1. The molecule has 0 aliphatic carbocycles. The van der Waals surface area contributed by atoms with Crippen LogP contribution in [-0.2, 0) is 13.1 Å². The first-order valence-corrected chi connectivity index (χ1v) is 5.42. The van der Waals surface area contributed by atoms with E-state index in [9.17, 15) is 4.79 Å². The van der Waals surface area contributed by atoms with Gasteiger partial charge in [-0.25, -0.2) is 4.98 Å². The highest BCUT2D eigenvalue weighted by molar-refractivity contribution is 5.92. The van der Waals surface area contributed by atoms with E-state index < -0.39 is 5.91 Å². The molecule has 5 nitrogen and oxygen atoms in total. The van der Waals surface area contributed by atoms with E-state index in [1.54, 1.807) is 6.33 Å². The first-order chi connectivity index (χ1) is 8.27. The van der Waals surface area contributed by atoms with Crippen LogP contribution in [0.25, 0.3) is 5.69 Å². The number of nitrogens with one attached hydrogen (secondary N) is 1. The topological polar surface area (TPSA) is 72.9 Å². The van der Waals surface area contributed by atoms with Crippen molar-refractivity contribution in [2.24, 2.45) is 5.73 Å². The number of imidazole rings is 1. The second kappa shape index (κ2) is 3.71. The average Bonchev–Trinajstić information content (AvgIpc) is 2.66. The lowest BCUT2D eigenvalue weighted by atomic mass is 10.2. The van der Waals surface area contributed by atoms with Crippen molar-refractivity contribution in [3.8, 4) is 5.69 Å². The number of amides is 1. The molecule has 3 rings (SSSR count). The Bertz CT molecular complexity index is 588. The highest BCUT2D eigenvalue weighted by Gasteiger charge is 2.19. The lowest BCUT2D eigenvalue weighted by Crippen LogP contribution is -2.18. The lowest BCUT2D eigenvalue weighted by molar-refractivity contribution is 0.0995. The van der Waals surface area contributed by atoms with Gasteiger partial charge in [0.25, 0.3) is 5.91 Å². The number of aromatic nitrogens is 2. The number of hydrogen-bond donors (Lipinski definition) is 2. The molecule has 1 amide bonds. The Balaban J connectivity index is 2.24. The summed E-state index contributed by atoms with van der Waals surface area (Å²) in [5.74, 6) is -0.486. The van der Waals surface area contributed by atoms with Crippen molar-refractivity contribution in [2.75, 3.05) is 0 Å². The molecule has 1 aliphatic heterocycles. The van der Waals surface area contributed by atoms with E-state index in [0.717, 1.165) is 17.9 Å². The predicted octanol–water partition coefficient (Wildman–Crippen LogP) is 0.574. The molecule has 0 saturated heterocycles. The number of rotatable bonds is 1. The van der Waals surface area contributed by atoms with Crippen LogP contribution in [0.4, 0.5) is 0 Å². The molecule has 0 bridgehead atoms. The molecular weight excluding hydrogens is 216 g/mol. The van der Waals surface area contributed by atoms with Crippen LogP contribution in [0.5, 0.6) is 0 Å². The van der Waals surface area contributed by atoms with E-state index >= 15 is 0 Å². The van der Waals surface area contributed by atoms with Gasteiger partial charge in [-0.2, -0.15) is 0 Å². The molecule has 3 N–H and O–H groups in total. The Morgan fingerprint density at radius 1 is 1.35 bits per heavy atom. The number of hydrogen-bond acceptors (Lipinski definition) is 3. The standard InChI is InChI=1S/C12H12N4O/c13-12(17)11-10-6-14-5-8-3-1-2-4-9(8)16(10)7-15-11/h1-4,7,14H,5-6H2,(H2,13,17). The molecule has 0 saturated carbocycles. The maximum atomic E-state index is 11.3. The third-order valence-electron chi connectivity index (χ3n) is 2.96. The average molecular weight is 228 g/mol. The van der Waals surface area contributed by atoms with Crippen molar-refractivity contribution in [2.45, 2.75) is 13.1 Å². The van der Waals surface area contributed by atoms with Gasteiger partial charge in [-0.15, -0.1) is 0 Å². The molecule has 17 heavy (non-hydrogen) atoms. The molecule has 0 radical (unpaired) electrons. The first-order valence-electron chi connectivity index (χ1n) is 5.42. The third kappa shape index (κ3) is 1.52. The van der Waals surface area contributed by atoms with Gasteiger partial charge in [0.15, 0.2) is 5.69 Å². The van der Waals surface area contributed by atoms with Crippen LogP contribution in [0, 0.1) is 0 Å². The fourth-order valence-electron chi connectivity index (χ4n) is 2.17. The van der Waals surface area contributed by atoms with E-state index in [0.29, 0.717) is 12.2 Å². The van der Waals surface area contributed by atoms with Crippen molar-refractivity contribution < 1.29 is 4.79 Å². The van der Waals surface area contributed by atoms with Gasteiger partial charge in [0.2, 0.25) is 0 Å². The van der Waals surface area contributed by atoms with Gasteiger partial charge in [-0.05, 0) is 11.6 Å². The van der Waals surface area contributed by atoms with Gasteiger partial charge in [0.05, 0.1) is 11.4 Å². The Kier molecular flexibility index (Phi) is 2.19. The van der Waals surface area contributed by atoms with Gasteiger partial charge in [-0.1, -0.05) is 18.2 Å². The normalized spacial score (nSPS) is 13.6. The number of para-hydroxylation sites is 1. The summed E-state index contributed by atoms with van der Waals surface area (Å²) in [6.07, 6.45) is 1.65. The zero-order chi connectivity index (χ0) is 11.8. The molecule has 86 valence electrons. The summed E-state index contributed by atoms with van der Waals surface area (Å²) in [6, 6.07) is 8.04. The van der Waals surface area contributed by atoms with Crippen LogP contribution in [-0.4, -0.2) is 15.5 Å². The fourth-order valence-corrected chi connectivity index (χ4v) is 2.17. The van der Waals surface area contributed by atoms with Crippen LogP contribution in [0.15, 0.2) is 30.6 Å². The SMILES string of the molecule is NC(=O)c1ncn2c1CNCc1ccccc1-2. The van der Waals surface area contributed by atoms with Gasteiger partial charge in [0.1, 0.15) is 6.33 Å². The van der Waals surface area contributed by atoms with Gasteiger partial charge in [0, 0.05) is 13.1 Å². The summed E-state index contributed by atoms with van der Waals surface area (Å²) in [5.41, 5.74) is 8.70. The third-order valence-corrected chi connectivity index (χ3v) is 2.96. The second-order valence-corrected chi connectivity index (χ2v) is 4.01. The monoisotopic (exact) mass is 228 g/mol. The second-order valence-electron chi connectivity index (χ2n) is 4.01. The quantitative estimate of drug-likeness (QED) is 0.749. The van der Waals surface area contributed by atoms with E-state index in [4.69, 9.17) is 5.73 Å². The maximum Gasteiger partial charge on any atom is 0.269 e. The number of nitrogens with zero attached hydrogens (tertiary/aromatic N) is 2. The molecule has 1 aliphatic rings.